The van der Waals surface area contributed by atoms with Gasteiger partial charge in [0.05, 0.1) is 16.8 Å². The van der Waals surface area contributed by atoms with E-state index in [1.54, 1.807) is 24.4 Å². The molecule has 7 nitrogen and oxygen atoms in total. The average Bonchev–Trinajstić information content (AvgIpc) is 3.01. The summed E-state index contributed by atoms with van der Waals surface area (Å²) in [4.78, 5) is 35.9. The molecule has 0 aromatic carbocycles. The summed E-state index contributed by atoms with van der Waals surface area (Å²) in [5.41, 5.74) is -0.816. The Morgan fingerprint density at radius 3 is 2.65 bits per heavy atom. The standard InChI is InChI=1S/C15H20N2O5S/c1-10(16-14(21)11-3-2-8-23-11)13(20)17-15(9-12(18)19)4-6-22-7-5-15/h2-3,8,10H,4-7,9H2,1H3,(H,16,21)(H,17,20)(H,18,19). The third kappa shape index (κ3) is 4.77. The number of carbonyl (C=O) groups is 3. The van der Waals surface area contributed by atoms with Crippen molar-refractivity contribution in [2.24, 2.45) is 0 Å². The summed E-state index contributed by atoms with van der Waals surface area (Å²) in [6.07, 6.45) is 0.723. The number of carbonyl (C=O) groups excluding carboxylic acids is 2. The van der Waals surface area contributed by atoms with Gasteiger partial charge in [-0.25, -0.2) is 0 Å². The van der Waals surface area contributed by atoms with Gasteiger partial charge in [-0.2, -0.15) is 0 Å². The largest absolute Gasteiger partial charge is 0.481 e. The van der Waals surface area contributed by atoms with E-state index in [0.29, 0.717) is 30.9 Å². The lowest BCUT2D eigenvalue weighted by Gasteiger charge is -2.37. The molecular weight excluding hydrogens is 320 g/mol. The Kier molecular flexibility index (Phi) is 5.73. The summed E-state index contributed by atoms with van der Waals surface area (Å²) in [6.45, 7) is 2.39. The molecule has 0 radical (unpaired) electrons. The zero-order chi connectivity index (χ0) is 16.9. The van der Waals surface area contributed by atoms with Crippen molar-refractivity contribution < 1.29 is 24.2 Å². The summed E-state index contributed by atoms with van der Waals surface area (Å²) in [6, 6.07) is 2.68. The van der Waals surface area contributed by atoms with Gasteiger partial charge in [0.1, 0.15) is 6.04 Å². The molecule has 126 valence electrons. The van der Waals surface area contributed by atoms with Crippen LogP contribution in [0.5, 0.6) is 0 Å². The molecule has 1 fully saturated rings. The number of nitrogens with one attached hydrogen (secondary N) is 2. The lowest BCUT2D eigenvalue weighted by Crippen LogP contribution is -2.57. The van der Waals surface area contributed by atoms with Gasteiger partial charge in [0.15, 0.2) is 0 Å². The average molecular weight is 340 g/mol. The van der Waals surface area contributed by atoms with Crippen LogP contribution in [0.25, 0.3) is 0 Å². The number of thiophene rings is 1. The molecule has 1 atom stereocenters. The minimum absolute atomic E-state index is 0.159. The highest BCUT2D eigenvalue weighted by molar-refractivity contribution is 7.12. The lowest BCUT2D eigenvalue weighted by atomic mass is 9.86. The molecule has 0 aliphatic carbocycles. The molecule has 1 aromatic rings. The fourth-order valence-corrected chi connectivity index (χ4v) is 3.14. The predicted octanol–water partition coefficient (Wildman–Crippen LogP) is 1.01. The Labute approximate surface area is 138 Å². The maximum absolute atomic E-state index is 12.3. The molecule has 2 amide bonds. The second-order valence-corrected chi connectivity index (χ2v) is 6.57. The molecule has 2 rings (SSSR count). The highest BCUT2D eigenvalue weighted by Gasteiger charge is 2.37. The first-order valence-electron chi connectivity index (χ1n) is 7.38. The van der Waals surface area contributed by atoms with E-state index in [1.807, 2.05) is 0 Å². The van der Waals surface area contributed by atoms with Crippen LogP contribution in [-0.2, 0) is 14.3 Å². The van der Waals surface area contributed by atoms with Gasteiger partial charge >= 0.3 is 5.97 Å². The maximum Gasteiger partial charge on any atom is 0.305 e. The van der Waals surface area contributed by atoms with Gasteiger partial charge < -0.3 is 20.5 Å². The fraction of sp³-hybridized carbons (Fsp3) is 0.533. The minimum Gasteiger partial charge on any atom is -0.481 e. The normalized spacial score (nSPS) is 18.0. The molecule has 0 saturated carbocycles. The van der Waals surface area contributed by atoms with Crippen LogP contribution in [0.15, 0.2) is 17.5 Å². The number of rotatable bonds is 6. The van der Waals surface area contributed by atoms with Crippen molar-refractivity contribution in [3.63, 3.8) is 0 Å². The van der Waals surface area contributed by atoms with Crippen LogP contribution in [0.2, 0.25) is 0 Å². The van der Waals surface area contributed by atoms with Crippen molar-refractivity contribution in [2.45, 2.75) is 37.8 Å². The zero-order valence-electron chi connectivity index (χ0n) is 12.8. The van der Waals surface area contributed by atoms with Crippen molar-refractivity contribution in [1.82, 2.24) is 10.6 Å². The predicted molar refractivity (Wildman–Crippen MR) is 84.4 cm³/mol. The Balaban J connectivity index is 1.97. The number of ether oxygens (including phenoxy) is 1. The van der Waals surface area contributed by atoms with Crippen LogP contribution in [0.1, 0.15) is 35.9 Å². The van der Waals surface area contributed by atoms with E-state index < -0.39 is 23.5 Å². The monoisotopic (exact) mass is 340 g/mol. The lowest BCUT2D eigenvalue weighted by molar-refractivity contribution is -0.140. The highest BCUT2D eigenvalue weighted by atomic mass is 32.1. The zero-order valence-corrected chi connectivity index (χ0v) is 13.6. The summed E-state index contributed by atoms with van der Waals surface area (Å²) in [5.74, 6) is -1.68. The second kappa shape index (κ2) is 7.56. The van der Waals surface area contributed by atoms with Gasteiger partial charge in [0, 0.05) is 13.2 Å². The summed E-state index contributed by atoms with van der Waals surface area (Å²) >= 11 is 1.29. The number of hydrogen-bond donors (Lipinski definition) is 3. The Morgan fingerprint density at radius 2 is 2.09 bits per heavy atom. The maximum atomic E-state index is 12.3. The first-order valence-corrected chi connectivity index (χ1v) is 8.26. The summed E-state index contributed by atoms with van der Waals surface area (Å²) < 4.78 is 5.25. The number of carboxylic acid groups (broad SMARTS) is 1. The summed E-state index contributed by atoms with van der Waals surface area (Å²) in [7, 11) is 0. The van der Waals surface area contributed by atoms with Gasteiger partial charge in [-0.05, 0) is 31.2 Å². The van der Waals surface area contributed by atoms with E-state index in [1.165, 1.54) is 11.3 Å². The first-order chi connectivity index (χ1) is 10.9. The van der Waals surface area contributed by atoms with Gasteiger partial charge in [-0.1, -0.05) is 6.07 Å². The van der Waals surface area contributed by atoms with Crippen LogP contribution in [0.3, 0.4) is 0 Å². The van der Waals surface area contributed by atoms with Gasteiger partial charge in [0.2, 0.25) is 5.91 Å². The van der Waals surface area contributed by atoms with Crippen molar-refractivity contribution in [3.8, 4) is 0 Å². The Morgan fingerprint density at radius 1 is 1.39 bits per heavy atom. The highest BCUT2D eigenvalue weighted by Crippen LogP contribution is 2.24. The Hall–Kier alpha value is -1.93. The van der Waals surface area contributed by atoms with E-state index in [2.05, 4.69) is 10.6 Å². The number of carboxylic acids is 1. The molecule has 1 aliphatic rings. The molecule has 3 N–H and O–H groups in total. The van der Waals surface area contributed by atoms with Gasteiger partial charge in [0.25, 0.3) is 5.91 Å². The molecule has 23 heavy (non-hydrogen) atoms. The van der Waals surface area contributed by atoms with Crippen molar-refractivity contribution in [2.75, 3.05) is 13.2 Å². The smallest absolute Gasteiger partial charge is 0.305 e. The number of amides is 2. The van der Waals surface area contributed by atoms with E-state index in [4.69, 9.17) is 9.84 Å². The SMILES string of the molecule is CC(NC(=O)c1cccs1)C(=O)NC1(CC(=O)O)CCOCC1. The third-order valence-electron chi connectivity index (χ3n) is 3.81. The molecule has 2 heterocycles. The van der Waals surface area contributed by atoms with E-state index in [0.717, 1.165) is 0 Å². The van der Waals surface area contributed by atoms with Crippen LogP contribution in [0, 0.1) is 0 Å². The Bertz CT molecular complexity index is 566. The molecular formula is C15H20N2O5S. The van der Waals surface area contributed by atoms with E-state index in [-0.39, 0.29) is 12.3 Å². The first kappa shape index (κ1) is 17.4. The fourth-order valence-electron chi connectivity index (χ4n) is 2.51. The second-order valence-electron chi connectivity index (χ2n) is 5.62. The van der Waals surface area contributed by atoms with Gasteiger partial charge in [-0.3, -0.25) is 14.4 Å². The van der Waals surface area contributed by atoms with Gasteiger partial charge in [-0.15, -0.1) is 11.3 Å². The van der Waals surface area contributed by atoms with Crippen molar-refractivity contribution in [3.05, 3.63) is 22.4 Å². The summed E-state index contributed by atoms with van der Waals surface area (Å²) in [5, 5.41) is 16.3. The molecule has 1 aliphatic heterocycles. The molecule has 0 spiro atoms. The van der Waals surface area contributed by atoms with Crippen LogP contribution >= 0.6 is 11.3 Å². The van der Waals surface area contributed by atoms with Crippen LogP contribution in [0.4, 0.5) is 0 Å². The topological polar surface area (TPSA) is 105 Å². The molecule has 8 heteroatoms. The molecule has 0 bridgehead atoms. The van der Waals surface area contributed by atoms with Crippen molar-refractivity contribution in [1.29, 1.82) is 0 Å². The van der Waals surface area contributed by atoms with E-state index in [9.17, 15) is 14.4 Å². The molecule has 1 aromatic heterocycles. The van der Waals surface area contributed by atoms with Crippen LogP contribution < -0.4 is 10.6 Å². The van der Waals surface area contributed by atoms with Crippen molar-refractivity contribution >= 4 is 29.1 Å². The van der Waals surface area contributed by atoms with E-state index >= 15 is 0 Å². The third-order valence-corrected chi connectivity index (χ3v) is 4.68. The quantitative estimate of drug-likeness (QED) is 0.717. The molecule has 1 saturated heterocycles. The number of hydrogen-bond acceptors (Lipinski definition) is 5. The molecule has 1 unspecified atom stereocenters. The van der Waals surface area contributed by atoms with Crippen LogP contribution in [-0.4, -0.2) is 47.7 Å². The number of aliphatic carboxylic acids is 1. The minimum atomic E-state index is -0.970.